The van der Waals surface area contributed by atoms with E-state index >= 15 is 0 Å². The minimum Gasteiger partial charge on any atom is -0.335 e. The Morgan fingerprint density at radius 3 is 2.04 bits per heavy atom. The Morgan fingerprint density at radius 1 is 0.804 bits per heavy atom. The van der Waals surface area contributed by atoms with Crippen LogP contribution in [0.5, 0.6) is 0 Å². The van der Waals surface area contributed by atoms with Gasteiger partial charge in [-0.1, -0.05) is 60.7 Å². The fraction of sp³-hybridized carbons (Fsp3) is 0.486. The lowest BCUT2D eigenvalue weighted by molar-refractivity contribution is -0.137. The number of halogens is 5. The third-order valence-electron chi connectivity index (χ3n) is 10.4. The summed E-state index contributed by atoms with van der Waals surface area (Å²) in [6.45, 7) is 6.05. The lowest BCUT2D eigenvalue weighted by atomic mass is 9.77. The molecule has 3 saturated heterocycles. The number of carbonyl (C=O) groups is 1. The first-order chi connectivity index (χ1) is 21.9. The summed E-state index contributed by atoms with van der Waals surface area (Å²) in [6.07, 6.45) is 0.535. The molecule has 3 aliphatic heterocycles. The van der Waals surface area contributed by atoms with Crippen molar-refractivity contribution in [2.75, 3.05) is 32.7 Å². The van der Waals surface area contributed by atoms with Crippen LogP contribution in [-0.2, 0) is 25.1 Å². The zero-order chi connectivity index (χ0) is 32.5. The summed E-state index contributed by atoms with van der Waals surface area (Å²) in [4.78, 5) is 20.6. The SMILES string of the molecule is CC(F)(F)c1cc(C(=O)N2CCC(N3CCC4(CCN(Cc5ccccc5)CC4)C3)CC2Cc2ccccc2)cc(C(F)(F)F)c1. The van der Waals surface area contributed by atoms with Gasteiger partial charge in [0.1, 0.15) is 0 Å². The number of alkyl halides is 5. The molecule has 0 aromatic heterocycles. The fourth-order valence-electron chi connectivity index (χ4n) is 7.76. The molecule has 3 heterocycles. The van der Waals surface area contributed by atoms with Gasteiger partial charge in [0.25, 0.3) is 11.8 Å². The minimum atomic E-state index is -4.85. The van der Waals surface area contributed by atoms with Gasteiger partial charge in [0.2, 0.25) is 0 Å². The van der Waals surface area contributed by atoms with E-state index in [1.807, 2.05) is 36.4 Å². The average molecular weight is 640 g/mol. The molecule has 4 nitrogen and oxygen atoms in total. The Hall–Kier alpha value is -3.30. The van der Waals surface area contributed by atoms with E-state index in [1.165, 1.54) is 5.56 Å². The fourth-order valence-corrected chi connectivity index (χ4v) is 7.76. The van der Waals surface area contributed by atoms with Crippen molar-refractivity contribution in [2.24, 2.45) is 5.41 Å². The maximum Gasteiger partial charge on any atom is 0.416 e. The monoisotopic (exact) mass is 639 g/mol. The zero-order valence-electron chi connectivity index (χ0n) is 26.3. The molecule has 3 aromatic carbocycles. The van der Waals surface area contributed by atoms with E-state index in [1.54, 1.807) is 4.90 Å². The summed E-state index contributed by atoms with van der Waals surface area (Å²) in [5.41, 5.74) is 0.264. The van der Waals surface area contributed by atoms with Crippen molar-refractivity contribution in [1.29, 1.82) is 0 Å². The molecule has 6 rings (SSSR count). The zero-order valence-corrected chi connectivity index (χ0v) is 26.3. The van der Waals surface area contributed by atoms with Crippen molar-refractivity contribution in [3.63, 3.8) is 0 Å². The lowest BCUT2D eigenvalue weighted by Crippen LogP contribution is -2.53. The minimum absolute atomic E-state index is 0.247. The third-order valence-corrected chi connectivity index (χ3v) is 10.4. The lowest BCUT2D eigenvalue weighted by Gasteiger charge is -2.44. The highest BCUT2D eigenvalue weighted by Crippen LogP contribution is 2.43. The number of amides is 1. The van der Waals surface area contributed by atoms with Crippen LogP contribution in [0.25, 0.3) is 0 Å². The molecule has 0 N–H and O–H groups in total. The molecular formula is C37H42F5N3O. The highest BCUT2D eigenvalue weighted by atomic mass is 19.4. The van der Waals surface area contributed by atoms with E-state index < -0.39 is 29.1 Å². The van der Waals surface area contributed by atoms with Gasteiger partial charge in [-0.25, -0.2) is 8.78 Å². The van der Waals surface area contributed by atoms with Crippen molar-refractivity contribution >= 4 is 5.91 Å². The van der Waals surface area contributed by atoms with Crippen molar-refractivity contribution < 1.29 is 26.7 Å². The molecular weight excluding hydrogens is 597 g/mol. The van der Waals surface area contributed by atoms with Crippen molar-refractivity contribution in [3.8, 4) is 0 Å². The van der Waals surface area contributed by atoms with Crippen LogP contribution >= 0.6 is 0 Å². The van der Waals surface area contributed by atoms with E-state index in [9.17, 15) is 26.7 Å². The molecule has 3 aromatic rings. The van der Waals surface area contributed by atoms with Crippen LogP contribution in [0.2, 0.25) is 0 Å². The van der Waals surface area contributed by atoms with Crippen LogP contribution < -0.4 is 0 Å². The van der Waals surface area contributed by atoms with Gasteiger partial charge in [0.05, 0.1) is 5.56 Å². The molecule has 0 radical (unpaired) electrons. The van der Waals surface area contributed by atoms with E-state index in [0.717, 1.165) is 69.7 Å². The highest BCUT2D eigenvalue weighted by molar-refractivity contribution is 5.95. The second-order valence-corrected chi connectivity index (χ2v) is 13.7. The van der Waals surface area contributed by atoms with Gasteiger partial charge in [-0.2, -0.15) is 13.2 Å². The normalized spacial score (nSPS) is 22.8. The van der Waals surface area contributed by atoms with Gasteiger partial charge >= 0.3 is 6.18 Å². The van der Waals surface area contributed by atoms with Crippen molar-refractivity contribution in [3.05, 3.63) is 107 Å². The van der Waals surface area contributed by atoms with Gasteiger partial charge in [-0.15, -0.1) is 0 Å². The topological polar surface area (TPSA) is 26.8 Å². The molecule has 0 saturated carbocycles. The van der Waals surface area contributed by atoms with Crippen LogP contribution in [0.3, 0.4) is 0 Å². The standard InChI is InChI=1S/C37H42F5N3O/c1-35(38,39)30-21-29(22-31(23-30)37(40,41)42)34(46)45-16-12-32(24-33(45)20-27-8-4-2-5-9-27)44-19-15-36(26-44)13-17-43(18-14-36)25-28-10-6-3-7-11-28/h2-11,21-23,32-33H,12-20,24-26H2,1H3. The second kappa shape index (κ2) is 13.1. The Kier molecular flexibility index (Phi) is 9.27. The van der Waals surface area contributed by atoms with Crippen LogP contribution in [0.4, 0.5) is 22.0 Å². The quantitative estimate of drug-likeness (QED) is 0.245. The summed E-state index contributed by atoms with van der Waals surface area (Å²) in [5.74, 6) is -4.14. The first kappa shape index (κ1) is 32.6. The summed E-state index contributed by atoms with van der Waals surface area (Å²) >= 11 is 0. The predicted molar refractivity (Wildman–Crippen MR) is 169 cm³/mol. The molecule has 9 heteroatoms. The second-order valence-electron chi connectivity index (χ2n) is 13.7. The summed E-state index contributed by atoms with van der Waals surface area (Å²) in [5, 5.41) is 0. The Morgan fingerprint density at radius 2 is 1.41 bits per heavy atom. The molecule has 2 unspecified atom stereocenters. The first-order valence-electron chi connectivity index (χ1n) is 16.3. The van der Waals surface area contributed by atoms with Gasteiger partial charge in [-0.3, -0.25) is 14.6 Å². The largest absolute Gasteiger partial charge is 0.416 e. The van der Waals surface area contributed by atoms with Crippen LogP contribution in [0, 0.1) is 5.41 Å². The molecule has 0 aliphatic carbocycles. The summed E-state index contributed by atoms with van der Waals surface area (Å²) in [6, 6.07) is 22.4. The van der Waals surface area contributed by atoms with Gasteiger partial charge in [0, 0.05) is 49.8 Å². The maximum atomic E-state index is 14.3. The first-order valence-corrected chi connectivity index (χ1v) is 16.3. The highest BCUT2D eigenvalue weighted by Gasteiger charge is 2.45. The van der Waals surface area contributed by atoms with Gasteiger partial charge in [-0.05, 0) is 92.9 Å². The Labute approximate surface area is 268 Å². The molecule has 1 spiro atoms. The molecule has 2 atom stereocenters. The van der Waals surface area contributed by atoms with E-state index in [0.29, 0.717) is 38.8 Å². The van der Waals surface area contributed by atoms with Crippen LogP contribution in [0.1, 0.15) is 71.6 Å². The van der Waals surface area contributed by atoms with Gasteiger partial charge < -0.3 is 4.90 Å². The van der Waals surface area contributed by atoms with E-state index in [2.05, 4.69) is 34.1 Å². The summed E-state index contributed by atoms with van der Waals surface area (Å²) < 4.78 is 69.7. The number of piperidine rings is 2. The van der Waals surface area contributed by atoms with E-state index in [-0.39, 0.29) is 23.1 Å². The van der Waals surface area contributed by atoms with E-state index in [4.69, 9.17) is 0 Å². The van der Waals surface area contributed by atoms with Crippen LogP contribution in [-0.4, -0.2) is 65.4 Å². The molecule has 1 amide bonds. The number of hydrogen-bond acceptors (Lipinski definition) is 3. The Bertz CT molecular complexity index is 1450. The number of likely N-dealkylation sites (tertiary alicyclic amines) is 3. The molecule has 0 bridgehead atoms. The number of hydrogen-bond donors (Lipinski definition) is 0. The predicted octanol–water partition coefficient (Wildman–Crippen LogP) is 8.02. The smallest absolute Gasteiger partial charge is 0.335 e. The summed E-state index contributed by atoms with van der Waals surface area (Å²) in [7, 11) is 0. The molecule has 3 fully saturated rings. The number of nitrogens with zero attached hydrogens (tertiary/aromatic N) is 3. The third kappa shape index (κ3) is 7.46. The molecule has 46 heavy (non-hydrogen) atoms. The molecule has 246 valence electrons. The number of carbonyl (C=O) groups excluding carboxylic acids is 1. The maximum absolute atomic E-state index is 14.3. The molecule has 3 aliphatic rings. The number of benzene rings is 3. The van der Waals surface area contributed by atoms with Crippen LogP contribution in [0.15, 0.2) is 78.9 Å². The van der Waals surface area contributed by atoms with Gasteiger partial charge in [0.15, 0.2) is 0 Å². The van der Waals surface area contributed by atoms with Crippen molar-refractivity contribution in [2.45, 2.75) is 76.2 Å². The average Bonchev–Trinajstić information content (AvgIpc) is 3.45. The number of rotatable bonds is 7. The Balaban J connectivity index is 1.17. The van der Waals surface area contributed by atoms with Crippen molar-refractivity contribution in [1.82, 2.24) is 14.7 Å².